The zero-order chi connectivity index (χ0) is 12.7. The lowest BCUT2D eigenvalue weighted by Gasteiger charge is -2.14. The van der Waals surface area contributed by atoms with Gasteiger partial charge in [-0.1, -0.05) is 28.1 Å². The summed E-state index contributed by atoms with van der Waals surface area (Å²) in [7, 11) is 0. The van der Waals surface area contributed by atoms with E-state index in [1.165, 1.54) is 0 Å². The summed E-state index contributed by atoms with van der Waals surface area (Å²) in [5.41, 5.74) is 1.08. The largest absolute Gasteiger partial charge is 0.396 e. The molecule has 1 aromatic carbocycles. The molecule has 1 rings (SSSR count). The summed E-state index contributed by atoms with van der Waals surface area (Å²) in [6, 6.07) is 7.91. The Labute approximate surface area is 110 Å². The molecular weight excluding hydrogens is 282 g/mol. The quantitative estimate of drug-likeness (QED) is 0.794. The number of halogens is 1. The molecule has 17 heavy (non-hydrogen) atoms. The second kappa shape index (κ2) is 7.45. The summed E-state index contributed by atoms with van der Waals surface area (Å²) in [4.78, 5) is 11.6. The van der Waals surface area contributed by atoms with Crippen LogP contribution in [0.3, 0.4) is 0 Å². The Bertz CT molecular complexity index is 368. The molecule has 0 heterocycles. The molecular formula is C13H18BrNO2. The van der Waals surface area contributed by atoms with Gasteiger partial charge in [0.05, 0.1) is 6.04 Å². The van der Waals surface area contributed by atoms with Crippen molar-refractivity contribution in [1.29, 1.82) is 0 Å². The van der Waals surface area contributed by atoms with Gasteiger partial charge in [-0.05, 0) is 37.5 Å². The van der Waals surface area contributed by atoms with Gasteiger partial charge in [-0.15, -0.1) is 0 Å². The monoisotopic (exact) mass is 299 g/mol. The van der Waals surface area contributed by atoms with E-state index in [1.807, 2.05) is 31.2 Å². The molecule has 1 unspecified atom stereocenters. The van der Waals surface area contributed by atoms with Crippen LogP contribution in [-0.2, 0) is 4.79 Å². The molecule has 0 aliphatic heterocycles. The summed E-state index contributed by atoms with van der Waals surface area (Å²) in [5.74, 6) is 0.0333. The first kappa shape index (κ1) is 14.2. The summed E-state index contributed by atoms with van der Waals surface area (Å²) >= 11 is 3.41. The number of hydrogen-bond donors (Lipinski definition) is 2. The van der Waals surface area contributed by atoms with Gasteiger partial charge in [0.15, 0.2) is 0 Å². The third-order valence-electron chi connectivity index (χ3n) is 2.54. The minimum Gasteiger partial charge on any atom is -0.396 e. The van der Waals surface area contributed by atoms with E-state index in [0.29, 0.717) is 12.8 Å². The number of hydrogen-bond acceptors (Lipinski definition) is 2. The molecule has 0 bridgehead atoms. The maximum absolute atomic E-state index is 11.6. The molecule has 2 N–H and O–H groups in total. The topological polar surface area (TPSA) is 49.3 Å². The van der Waals surface area contributed by atoms with Gasteiger partial charge in [-0.3, -0.25) is 4.79 Å². The average molecular weight is 300 g/mol. The van der Waals surface area contributed by atoms with E-state index >= 15 is 0 Å². The van der Waals surface area contributed by atoms with E-state index in [2.05, 4.69) is 21.2 Å². The van der Waals surface area contributed by atoms with Crippen LogP contribution in [0.4, 0.5) is 0 Å². The zero-order valence-corrected chi connectivity index (χ0v) is 11.5. The van der Waals surface area contributed by atoms with Gasteiger partial charge < -0.3 is 10.4 Å². The van der Waals surface area contributed by atoms with Crippen molar-refractivity contribution >= 4 is 21.8 Å². The van der Waals surface area contributed by atoms with Crippen LogP contribution in [-0.4, -0.2) is 17.6 Å². The molecule has 94 valence electrons. The van der Waals surface area contributed by atoms with Crippen molar-refractivity contribution in [2.45, 2.75) is 32.2 Å². The summed E-state index contributed by atoms with van der Waals surface area (Å²) < 4.78 is 1.01. The molecule has 1 amide bonds. The van der Waals surface area contributed by atoms with Crippen molar-refractivity contribution in [2.24, 2.45) is 0 Å². The Kier molecular flexibility index (Phi) is 6.22. The van der Waals surface area contributed by atoms with E-state index in [0.717, 1.165) is 16.5 Å². The van der Waals surface area contributed by atoms with Gasteiger partial charge in [-0.25, -0.2) is 0 Å². The van der Waals surface area contributed by atoms with Crippen molar-refractivity contribution in [3.8, 4) is 0 Å². The molecule has 0 saturated carbocycles. The number of aliphatic hydroxyl groups is 1. The Balaban J connectivity index is 2.43. The number of aliphatic hydroxyl groups excluding tert-OH is 1. The molecule has 0 aromatic heterocycles. The van der Waals surface area contributed by atoms with Crippen LogP contribution in [0.2, 0.25) is 0 Å². The smallest absolute Gasteiger partial charge is 0.220 e. The maximum atomic E-state index is 11.6. The van der Waals surface area contributed by atoms with E-state index < -0.39 is 0 Å². The number of rotatable bonds is 6. The minimum atomic E-state index is 0.00845. The van der Waals surface area contributed by atoms with Gasteiger partial charge >= 0.3 is 0 Å². The lowest BCUT2D eigenvalue weighted by atomic mass is 10.1. The Morgan fingerprint density at radius 2 is 2.24 bits per heavy atom. The minimum absolute atomic E-state index is 0.00845. The van der Waals surface area contributed by atoms with Crippen LogP contribution in [0.25, 0.3) is 0 Å². The maximum Gasteiger partial charge on any atom is 0.220 e. The lowest BCUT2D eigenvalue weighted by molar-refractivity contribution is -0.121. The predicted octanol–water partition coefficient (Wildman–Crippen LogP) is 2.79. The number of carbonyl (C=O) groups excluding carboxylic acids is 1. The fraction of sp³-hybridized carbons (Fsp3) is 0.462. The highest BCUT2D eigenvalue weighted by molar-refractivity contribution is 9.10. The first-order chi connectivity index (χ1) is 8.13. The van der Waals surface area contributed by atoms with Crippen LogP contribution in [0.5, 0.6) is 0 Å². The van der Waals surface area contributed by atoms with Crippen LogP contribution >= 0.6 is 15.9 Å². The molecule has 0 spiro atoms. The van der Waals surface area contributed by atoms with Gasteiger partial charge in [0, 0.05) is 17.5 Å². The fourth-order valence-electron chi connectivity index (χ4n) is 1.57. The summed E-state index contributed by atoms with van der Waals surface area (Å²) in [6.07, 6.45) is 1.88. The number of nitrogens with one attached hydrogen (secondary N) is 1. The highest BCUT2D eigenvalue weighted by Crippen LogP contribution is 2.17. The first-order valence-corrected chi connectivity index (χ1v) is 6.58. The average Bonchev–Trinajstić information content (AvgIpc) is 2.29. The predicted molar refractivity (Wildman–Crippen MR) is 71.6 cm³/mol. The molecule has 0 aliphatic rings. The highest BCUT2D eigenvalue weighted by Gasteiger charge is 2.09. The molecule has 3 nitrogen and oxygen atoms in total. The summed E-state index contributed by atoms with van der Waals surface area (Å²) in [6.45, 7) is 2.11. The molecule has 0 radical (unpaired) electrons. The SMILES string of the molecule is CC(NC(=O)CCCCO)c1cccc(Br)c1. The van der Waals surface area contributed by atoms with E-state index in [1.54, 1.807) is 0 Å². The van der Waals surface area contributed by atoms with Crippen molar-refractivity contribution in [2.75, 3.05) is 6.61 Å². The van der Waals surface area contributed by atoms with Crippen molar-refractivity contribution in [1.82, 2.24) is 5.32 Å². The third-order valence-corrected chi connectivity index (χ3v) is 3.03. The third kappa shape index (κ3) is 5.33. The van der Waals surface area contributed by atoms with Crippen molar-refractivity contribution in [3.05, 3.63) is 34.3 Å². The second-order valence-electron chi connectivity index (χ2n) is 4.02. The normalized spacial score (nSPS) is 12.2. The number of benzene rings is 1. The molecule has 0 aliphatic carbocycles. The van der Waals surface area contributed by atoms with Crippen molar-refractivity contribution in [3.63, 3.8) is 0 Å². The van der Waals surface area contributed by atoms with Gasteiger partial charge in [0.1, 0.15) is 0 Å². The fourth-order valence-corrected chi connectivity index (χ4v) is 1.99. The van der Waals surface area contributed by atoms with Gasteiger partial charge in [0.2, 0.25) is 5.91 Å². The number of unbranched alkanes of at least 4 members (excludes halogenated alkanes) is 1. The van der Waals surface area contributed by atoms with Crippen molar-refractivity contribution < 1.29 is 9.90 Å². The van der Waals surface area contributed by atoms with Gasteiger partial charge in [-0.2, -0.15) is 0 Å². The van der Waals surface area contributed by atoms with Crippen LogP contribution in [0, 0.1) is 0 Å². The first-order valence-electron chi connectivity index (χ1n) is 5.79. The Morgan fingerprint density at radius 3 is 2.88 bits per heavy atom. The zero-order valence-electron chi connectivity index (χ0n) is 9.95. The van der Waals surface area contributed by atoms with Crippen LogP contribution < -0.4 is 5.32 Å². The molecule has 0 fully saturated rings. The molecule has 4 heteroatoms. The van der Waals surface area contributed by atoms with E-state index in [9.17, 15) is 4.79 Å². The summed E-state index contributed by atoms with van der Waals surface area (Å²) in [5, 5.41) is 11.6. The van der Waals surface area contributed by atoms with E-state index in [-0.39, 0.29) is 18.6 Å². The number of carbonyl (C=O) groups is 1. The lowest BCUT2D eigenvalue weighted by Crippen LogP contribution is -2.26. The Morgan fingerprint density at radius 1 is 1.47 bits per heavy atom. The second-order valence-corrected chi connectivity index (χ2v) is 4.94. The van der Waals surface area contributed by atoms with E-state index in [4.69, 9.17) is 5.11 Å². The molecule has 1 aromatic rings. The van der Waals surface area contributed by atoms with Crippen LogP contribution in [0.15, 0.2) is 28.7 Å². The molecule has 0 saturated heterocycles. The molecule has 1 atom stereocenters. The van der Waals surface area contributed by atoms with Gasteiger partial charge in [0.25, 0.3) is 0 Å². The Hall–Kier alpha value is -0.870. The van der Waals surface area contributed by atoms with Crippen LogP contribution in [0.1, 0.15) is 37.8 Å². The standard InChI is InChI=1S/C13H18BrNO2/c1-10(11-5-4-6-12(14)9-11)15-13(17)7-2-3-8-16/h4-6,9-10,16H,2-3,7-8H2,1H3,(H,15,17). The number of amides is 1. The highest BCUT2D eigenvalue weighted by atomic mass is 79.9.